The summed E-state index contributed by atoms with van der Waals surface area (Å²) in [5.74, 6) is 0.751. The number of aromatic nitrogens is 2. The van der Waals surface area contributed by atoms with E-state index in [0.29, 0.717) is 62.2 Å². The first-order valence-electron chi connectivity index (χ1n) is 8.32. The second kappa shape index (κ2) is 7.52. The van der Waals surface area contributed by atoms with Crippen LogP contribution in [0.2, 0.25) is 0 Å². The second-order valence-electron chi connectivity index (χ2n) is 5.86. The predicted octanol–water partition coefficient (Wildman–Crippen LogP) is 1.03. The Morgan fingerprint density at radius 2 is 2.12 bits per heavy atom. The van der Waals surface area contributed by atoms with Gasteiger partial charge in [-0.1, -0.05) is 6.92 Å². The number of carbonyl (C=O) groups excluding carboxylic acids is 1. The zero-order valence-electron chi connectivity index (χ0n) is 14.4. The summed E-state index contributed by atoms with van der Waals surface area (Å²) in [5, 5.41) is 0. The molecule has 1 aliphatic rings. The van der Waals surface area contributed by atoms with E-state index in [0.717, 1.165) is 0 Å². The molecule has 0 radical (unpaired) electrons. The smallest absolute Gasteiger partial charge is 0.289 e. The highest BCUT2D eigenvalue weighted by molar-refractivity contribution is 5.91. The molecule has 8 nitrogen and oxygen atoms in total. The van der Waals surface area contributed by atoms with Crippen molar-refractivity contribution >= 4 is 11.9 Å². The van der Waals surface area contributed by atoms with E-state index in [4.69, 9.17) is 9.15 Å². The third kappa shape index (κ3) is 3.58. The Kier molecular flexibility index (Phi) is 5.18. The number of hydrogen-bond donors (Lipinski definition) is 1. The number of H-pyrrole nitrogens is 1. The minimum Gasteiger partial charge on any atom is -0.459 e. The molecule has 0 aliphatic carbocycles. The van der Waals surface area contributed by atoms with Gasteiger partial charge in [0.15, 0.2) is 5.76 Å². The molecule has 0 bridgehead atoms. The van der Waals surface area contributed by atoms with Gasteiger partial charge in [-0.2, -0.15) is 0 Å². The Morgan fingerprint density at radius 1 is 1.36 bits per heavy atom. The van der Waals surface area contributed by atoms with Crippen LogP contribution in [-0.4, -0.2) is 54.1 Å². The van der Waals surface area contributed by atoms with Gasteiger partial charge in [0, 0.05) is 38.9 Å². The lowest BCUT2D eigenvalue weighted by Crippen LogP contribution is -2.49. The van der Waals surface area contributed by atoms with E-state index < -0.39 is 0 Å². The van der Waals surface area contributed by atoms with Crippen LogP contribution in [0, 0.1) is 0 Å². The molecule has 0 atom stereocenters. The summed E-state index contributed by atoms with van der Waals surface area (Å²) in [5.41, 5.74) is 1.18. The van der Waals surface area contributed by atoms with Crippen molar-refractivity contribution in [1.82, 2.24) is 14.9 Å². The van der Waals surface area contributed by atoms with Crippen molar-refractivity contribution in [2.24, 2.45) is 0 Å². The minimum atomic E-state index is -0.131. The summed E-state index contributed by atoms with van der Waals surface area (Å²) in [4.78, 5) is 35.7. The van der Waals surface area contributed by atoms with Crippen molar-refractivity contribution in [3.63, 3.8) is 0 Å². The fraction of sp³-hybridized carbons (Fsp3) is 0.471. The Labute approximate surface area is 145 Å². The summed E-state index contributed by atoms with van der Waals surface area (Å²) in [7, 11) is 1.58. The van der Waals surface area contributed by atoms with Crippen molar-refractivity contribution in [3.8, 4) is 0 Å². The number of carbonyl (C=O) groups is 1. The summed E-state index contributed by atoms with van der Waals surface area (Å²) in [6, 6.07) is 3.36. The molecule has 1 N–H and O–H groups in total. The van der Waals surface area contributed by atoms with E-state index in [1.807, 2.05) is 11.8 Å². The maximum atomic E-state index is 12.3. The van der Waals surface area contributed by atoms with Crippen LogP contribution in [0.5, 0.6) is 0 Å². The number of anilines is 1. The van der Waals surface area contributed by atoms with Crippen molar-refractivity contribution in [1.29, 1.82) is 0 Å². The molecule has 3 rings (SSSR count). The molecule has 2 aromatic heterocycles. The Hall–Kier alpha value is -2.61. The zero-order chi connectivity index (χ0) is 17.8. The van der Waals surface area contributed by atoms with Gasteiger partial charge >= 0.3 is 0 Å². The average Bonchev–Trinajstić information content (AvgIpc) is 3.16. The first-order chi connectivity index (χ1) is 12.1. The monoisotopic (exact) mass is 346 g/mol. The maximum Gasteiger partial charge on any atom is 0.289 e. The van der Waals surface area contributed by atoms with Gasteiger partial charge in [0.2, 0.25) is 5.95 Å². The fourth-order valence-electron chi connectivity index (χ4n) is 2.98. The number of hydrogen-bond acceptors (Lipinski definition) is 6. The van der Waals surface area contributed by atoms with Gasteiger partial charge in [-0.15, -0.1) is 0 Å². The molecule has 2 aromatic rings. The molecular formula is C17H22N4O4. The highest BCUT2D eigenvalue weighted by atomic mass is 16.5. The van der Waals surface area contributed by atoms with Crippen LogP contribution in [0.4, 0.5) is 5.95 Å². The lowest BCUT2D eigenvalue weighted by atomic mass is 10.2. The standard InChI is InChI=1S/C17H22N4O4/c1-3-12-13(11-24-2)18-17(19-15(12)22)21-8-6-20(7-9-21)16(23)14-5-4-10-25-14/h4-5,10H,3,6-9,11H2,1-2H3,(H,18,19,22). The Morgan fingerprint density at radius 3 is 2.72 bits per heavy atom. The van der Waals surface area contributed by atoms with E-state index in [9.17, 15) is 9.59 Å². The van der Waals surface area contributed by atoms with E-state index in [2.05, 4.69) is 9.97 Å². The van der Waals surface area contributed by atoms with E-state index >= 15 is 0 Å². The lowest BCUT2D eigenvalue weighted by molar-refractivity contribution is 0.0714. The Bertz CT molecular complexity index is 776. The number of furan rings is 1. The molecule has 1 fully saturated rings. The summed E-state index contributed by atoms with van der Waals surface area (Å²) in [6.07, 6.45) is 2.09. The summed E-state index contributed by atoms with van der Waals surface area (Å²) >= 11 is 0. The lowest BCUT2D eigenvalue weighted by Gasteiger charge is -2.34. The largest absolute Gasteiger partial charge is 0.459 e. The van der Waals surface area contributed by atoms with Crippen LogP contribution >= 0.6 is 0 Å². The number of ether oxygens (including phenoxy) is 1. The third-order valence-electron chi connectivity index (χ3n) is 4.32. The number of rotatable bonds is 5. The van der Waals surface area contributed by atoms with Crippen molar-refractivity contribution < 1.29 is 13.9 Å². The highest BCUT2D eigenvalue weighted by Crippen LogP contribution is 2.15. The molecule has 0 aromatic carbocycles. The molecule has 134 valence electrons. The average molecular weight is 346 g/mol. The second-order valence-corrected chi connectivity index (χ2v) is 5.86. The number of piperazine rings is 1. The SMILES string of the molecule is CCc1c(COC)nc(N2CCN(C(=O)c3ccco3)CC2)[nH]c1=O. The van der Waals surface area contributed by atoms with Crippen LogP contribution < -0.4 is 10.5 Å². The third-order valence-corrected chi connectivity index (χ3v) is 4.32. The van der Waals surface area contributed by atoms with Crippen LogP contribution in [0.25, 0.3) is 0 Å². The normalized spacial score (nSPS) is 14.8. The van der Waals surface area contributed by atoms with Crippen molar-refractivity contribution in [2.75, 3.05) is 38.2 Å². The van der Waals surface area contributed by atoms with Crippen molar-refractivity contribution in [2.45, 2.75) is 20.0 Å². The number of aromatic amines is 1. The van der Waals surface area contributed by atoms with E-state index in [-0.39, 0.29) is 11.5 Å². The zero-order valence-corrected chi connectivity index (χ0v) is 14.4. The molecule has 1 aliphatic heterocycles. The molecule has 1 amide bonds. The first-order valence-corrected chi connectivity index (χ1v) is 8.32. The summed E-state index contributed by atoms with van der Waals surface area (Å²) in [6.45, 7) is 4.48. The van der Waals surface area contributed by atoms with Gasteiger partial charge in [-0.3, -0.25) is 14.6 Å². The molecule has 3 heterocycles. The van der Waals surface area contributed by atoms with E-state index in [1.165, 1.54) is 6.26 Å². The molecule has 8 heteroatoms. The van der Waals surface area contributed by atoms with Gasteiger partial charge in [0.25, 0.3) is 11.5 Å². The van der Waals surface area contributed by atoms with Gasteiger partial charge in [-0.25, -0.2) is 4.98 Å². The molecule has 0 spiro atoms. The quantitative estimate of drug-likeness (QED) is 0.869. The van der Waals surface area contributed by atoms with Gasteiger partial charge in [0.1, 0.15) is 0 Å². The van der Waals surface area contributed by atoms with Crippen LogP contribution in [0.1, 0.15) is 28.7 Å². The van der Waals surface area contributed by atoms with Gasteiger partial charge in [0.05, 0.1) is 18.6 Å². The van der Waals surface area contributed by atoms with Crippen LogP contribution in [-0.2, 0) is 17.8 Å². The van der Waals surface area contributed by atoms with Gasteiger partial charge in [-0.05, 0) is 18.6 Å². The first kappa shape index (κ1) is 17.2. The Balaban J connectivity index is 1.72. The minimum absolute atomic E-state index is 0.118. The van der Waals surface area contributed by atoms with Crippen LogP contribution in [0.15, 0.2) is 27.6 Å². The summed E-state index contributed by atoms with van der Waals surface area (Å²) < 4.78 is 10.3. The number of nitrogens with one attached hydrogen (secondary N) is 1. The molecule has 0 saturated carbocycles. The number of nitrogens with zero attached hydrogens (tertiary/aromatic N) is 3. The molecule has 1 saturated heterocycles. The van der Waals surface area contributed by atoms with Crippen molar-refractivity contribution in [3.05, 3.63) is 45.8 Å². The molecular weight excluding hydrogens is 324 g/mol. The number of amides is 1. The van der Waals surface area contributed by atoms with Gasteiger partial charge < -0.3 is 19.0 Å². The molecule has 25 heavy (non-hydrogen) atoms. The van der Waals surface area contributed by atoms with Crippen LogP contribution in [0.3, 0.4) is 0 Å². The number of methoxy groups -OCH3 is 1. The maximum absolute atomic E-state index is 12.3. The highest BCUT2D eigenvalue weighted by Gasteiger charge is 2.25. The van der Waals surface area contributed by atoms with E-state index in [1.54, 1.807) is 24.1 Å². The predicted molar refractivity (Wildman–Crippen MR) is 91.8 cm³/mol. The topological polar surface area (TPSA) is 91.7 Å². The fourth-order valence-corrected chi connectivity index (χ4v) is 2.98. The molecule has 0 unspecified atom stereocenters.